The first kappa shape index (κ1) is 14.3. The molecule has 0 saturated heterocycles. The summed E-state index contributed by atoms with van der Waals surface area (Å²) in [6, 6.07) is 3.10. The maximum absolute atomic E-state index is 4.39. The lowest BCUT2D eigenvalue weighted by atomic mass is 10.1. The number of hydrogen-bond donors (Lipinski definition) is 1. The number of nitrogens with one attached hydrogen (secondary N) is 1. The molecule has 5 heteroatoms. The Labute approximate surface area is 126 Å². The fourth-order valence-electron chi connectivity index (χ4n) is 2.93. The third-order valence-corrected chi connectivity index (χ3v) is 4.11. The van der Waals surface area contributed by atoms with Crippen molar-refractivity contribution in [2.24, 2.45) is 5.92 Å². The second-order valence-corrected chi connectivity index (χ2v) is 6.20. The highest BCUT2D eigenvalue weighted by molar-refractivity contribution is 5.19. The molecular formula is C16H25N5. The van der Waals surface area contributed by atoms with E-state index in [1.54, 1.807) is 6.33 Å². The maximum atomic E-state index is 4.39. The summed E-state index contributed by atoms with van der Waals surface area (Å²) in [5.74, 6) is 1.83. The molecule has 2 aromatic rings. The van der Waals surface area contributed by atoms with Crippen molar-refractivity contribution >= 4 is 0 Å². The van der Waals surface area contributed by atoms with Gasteiger partial charge in [0.15, 0.2) is 0 Å². The van der Waals surface area contributed by atoms with E-state index in [1.807, 2.05) is 4.68 Å². The van der Waals surface area contributed by atoms with E-state index in [-0.39, 0.29) is 0 Å². The molecule has 0 aromatic carbocycles. The molecule has 2 heterocycles. The predicted molar refractivity (Wildman–Crippen MR) is 83.1 cm³/mol. The molecule has 1 fully saturated rings. The molecule has 0 amide bonds. The van der Waals surface area contributed by atoms with Gasteiger partial charge in [0.2, 0.25) is 0 Å². The van der Waals surface area contributed by atoms with Crippen LogP contribution in [-0.4, -0.2) is 25.9 Å². The van der Waals surface area contributed by atoms with Gasteiger partial charge in [-0.1, -0.05) is 6.92 Å². The second kappa shape index (κ2) is 6.02. The van der Waals surface area contributed by atoms with Crippen molar-refractivity contribution in [1.82, 2.24) is 24.6 Å². The summed E-state index contributed by atoms with van der Waals surface area (Å²) in [7, 11) is 0. The molecule has 5 nitrogen and oxygen atoms in total. The van der Waals surface area contributed by atoms with E-state index < -0.39 is 0 Å². The van der Waals surface area contributed by atoms with Crippen LogP contribution in [0, 0.1) is 5.92 Å². The van der Waals surface area contributed by atoms with Gasteiger partial charge < -0.3 is 9.88 Å². The van der Waals surface area contributed by atoms with Crippen LogP contribution in [0.15, 0.2) is 24.8 Å². The molecule has 1 unspecified atom stereocenters. The summed E-state index contributed by atoms with van der Waals surface area (Å²) in [4.78, 5) is 4.39. The number of nitrogens with zero attached hydrogens (tertiary/aromatic N) is 4. The van der Waals surface area contributed by atoms with Crippen LogP contribution in [0.3, 0.4) is 0 Å². The van der Waals surface area contributed by atoms with Crippen molar-refractivity contribution in [2.45, 2.75) is 52.2 Å². The highest BCUT2D eigenvalue weighted by atomic mass is 15.4. The minimum absolute atomic E-state index is 0.346. The van der Waals surface area contributed by atoms with E-state index in [9.17, 15) is 0 Å². The zero-order chi connectivity index (χ0) is 14.8. The Morgan fingerprint density at radius 3 is 2.86 bits per heavy atom. The lowest BCUT2D eigenvalue weighted by Gasteiger charge is -2.15. The highest BCUT2D eigenvalue weighted by Crippen LogP contribution is 2.41. The molecule has 1 saturated carbocycles. The summed E-state index contributed by atoms with van der Waals surface area (Å²) in [6.07, 6.45) is 8.76. The zero-order valence-corrected chi connectivity index (χ0v) is 13.2. The van der Waals surface area contributed by atoms with Crippen molar-refractivity contribution in [2.75, 3.05) is 6.54 Å². The standard InChI is InChI=1S/C16H25N5/c1-4-17-16(13-5-6-13)14-7-8-20(9-14)10-15-18-11-19-21(15)12(2)3/h7-9,11-13,16-17H,4-6,10H2,1-3H3. The molecule has 3 rings (SSSR count). The third-order valence-electron chi connectivity index (χ3n) is 4.11. The van der Waals surface area contributed by atoms with Crippen LogP contribution in [0.1, 0.15) is 57.1 Å². The number of rotatable bonds is 7. The Morgan fingerprint density at radius 1 is 1.38 bits per heavy atom. The molecule has 0 aliphatic heterocycles. The van der Waals surface area contributed by atoms with Gasteiger partial charge >= 0.3 is 0 Å². The first-order valence-corrected chi connectivity index (χ1v) is 7.96. The van der Waals surface area contributed by atoms with Crippen LogP contribution in [0.5, 0.6) is 0 Å². The molecular weight excluding hydrogens is 262 g/mol. The molecule has 1 aliphatic carbocycles. The normalized spacial score (nSPS) is 16.6. The first-order valence-electron chi connectivity index (χ1n) is 7.96. The van der Waals surface area contributed by atoms with Gasteiger partial charge in [-0.2, -0.15) is 5.10 Å². The van der Waals surface area contributed by atoms with E-state index in [4.69, 9.17) is 0 Å². The lowest BCUT2D eigenvalue weighted by Crippen LogP contribution is -2.22. The van der Waals surface area contributed by atoms with Gasteiger partial charge in [0.1, 0.15) is 12.2 Å². The summed E-state index contributed by atoms with van der Waals surface area (Å²) in [5, 5.41) is 7.92. The van der Waals surface area contributed by atoms with Gasteiger partial charge in [-0.25, -0.2) is 9.67 Å². The fraction of sp³-hybridized carbons (Fsp3) is 0.625. The van der Waals surface area contributed by atoms with Crippen LogP contribution in [0.4, 0.5) is 0 Å². The van der Waals surface area contributed by atoms with Crippen LogP contribution in [0.2, 0.25) is 0 Å². The van der Waals surface area contributed by atoms with Crippen LogP contribution >= 0.6 is 0 Å². The van der Waals surface area contributed by atoms with E-state index >= 15 is 0 Å². The predicted octanol–water partition coefficient (Wildman–Crippen LogP) is 2.77. The zero-order valence-electron chi connectivity index (χ0n) is 13.2. The molecule has 0 spiro atoms. The molecule has 1 atom stereocenters. The topological polar surface area (TPSA) is 47.7 Å². The first-order chi connectivity index (χ1) is 10.2. The van der Waals surface area contributed by atoms with Crippen LogP contribution in [-0.2, 0) is 6.54 Å². The SMILES string of the molecule is CCNC(c1ccn(Cc2ncnn2C(C)C)c1)C1CC1. The Morgan fingerprint density at radius 2 is 2.19 bits per heavy atom. The van der Waals surface area contributed by atoms with E-state index in [1.165, 1.54) is 18.4 Å². The average Bonchev–Trinajstić information content (AvgIpc) is 3.00. The van der Waals surface area contributed by atoms with E-state index in [2.05, 4.69) is 59.2 Å². The molecule has 2 aromatic heterocycles. The highest BCUT2D eigenvalue weighted by Gasteiger charge is 2.32. The average molecular weight is 287 g/mol. The van der Waals surface area contributed by atoms with Gasteiger partial charge in [0, 0.05) is 24.5 Å². The quantitative estimate of drug-likeness (QED) is 0.852. The van der Waals surface area contributed by atoms with Crippen LogP contribution in [0.25, 0.3) is 0 Å². The fourth-order valence-corrected chi connectivity index (χ4v) is 2.93. The number of aromatic nitrogens is 4. The summed E-state index contributed by atoms with van der Waals surface area (Å²) >= 11 is 0. The van der Waals surface area contributed by atoms with Crippen molar-refractivity contribution in [3.63, 3.8) is 0 Å². The van der Waals surface area contributed by atoms with Crippen LogP contribution < -0.4 is 5.32 Å². The third kappa shape index (κ3) is 3.18. The van der Waals surface area contributed by atoms with Gasteiger partial charge in [-0.05, 0) is 50.8 Å². The Hall–Kier alpha value is -1.62. The summed E-state index contributed by atoms with van der Waals surface area (Å²) in [5.41, 5.74) is 1.40. The number of hydrogen-bond acceptors (Lipinski definition) is 3. The Kier molecular flexibility index (Phi) is 4.10. The van der Waals surface area contributed by atoms with Gasteiger partial charge in [-0.3, -0.25) is 0 Å². The molecule has 1 aliphatic rings. The van der Waals surface area contributed by atoms with Crippen molar-refractivity contribution in [1.29, 1.82) is 0 Å². The molecule has 21 heavy (non-hydrogen) atoms. The molecule has 114 valence electrons. The summed E-state index contributed by atoms with van der Waals surface area (Å²) < 4.78 is 4.20. The molecule has 0 radical (unpaired) electrons. The Balaban J connectivity index is 1.73. The van der Waals surface area contributed by atoms with E-state index in [0.717, 1.165) is 24.8 Å². The smallest absolute Gasteiger partial charge is 0.147 e. The van der Waals surface area contributed by atoms with E-state index in [0.29, 0.717) is 12.1 Å². The minimum atomic E-state index is 0.346. The Bertz CT molecular complexity index is 579. The maximum Gasteiger partial charge on any atom is 0.147 e. The van der Waals surface area contributed by atoms with Gasteiger partial charge in [-0.15, -0.1) is 0 Å². The molecule has 0 bridgehead atoms. The van der Waals surface area contributed by atoms with Crippen molar-refractivity contribution in [3.05, 3.63) is 36.2 Å². The second-order valence-electron chi connectivity index (χ2n) is 6.20. The molecule has 1 N–H and O–H groups in total. The minimum Gasteiger partial charge on any atom is -0.346 e. The lowest BCUT2D eigenvalue weighted by molar-refractivity contribution is 0.489. The monoisotopic (exact) mass is 287 g/mol. The van der Waals surface area contributed by atoms with Gasteiger partial charge in [0.25, 0.3) is 0 Å². The van der Waals surface area contributed by atoms with Crippen molar-refractivity contribution in [3.8, 4) is 0 Å². The van der Waals surface area contributed by atoms with Crippen molar-refractivity contribution < 1.29 is 0 Å². The largest absolute Gasteiger partial charge is 0.346 e. The van der Waals surface area contributed by atoms with Gasteiger partial charge in [0.05, 0.1) is 6.54 Å². The summed E-state index contributed by atoms with van der Waals surface area (Å²) in [6.45, 7) is 8.24.